The molecule has 0 aliphatic heterocycles. The molecule has 6 heteroatoms. The number of carbonyl (C=O) groups excluding carboxylic acids is 1. The maximum atomic E-state index is 11.9. The van der Waals surface area contributed by atoms with Crippen molar-refractivity contribution in [3.8, 4) is 0 Å². The van der Waals surface area contributed by atoms with Gasteiger partial charge >= 0.3 is 0 Å². The minimum absolute atomic E-state index is 0.178. The fourth-order valence-electron chi connectivity index (χ4n) is 1.86. The summed E-state index contributed by atoms with van der Waals surface area (Å²) < 4.78 is 5.55. The highest BCUT2D eigenvalue weighted by Gasteiger charge is 2.13. The molecule has 1 amide bonds. The number of anilines is 2. The molecule has 0 aliphatic carbocycles. The molecule has 1 atom stereocenters. The molecule has 1 unspecified atom stereocenters. The highest BCUT2D eigenvalue weighted by Crippen LogP contribution is 2.23. The second kappa shape index (κ2) is 5.92. The van der Waals surface area contributed by atoms with Crippen LogP contribution < -0.4 is 16.0 Å². The van der Waals surface area contributed by atoms with Gasteiger partial charge in [-0.2, -0.15) is 4.98 Å². The smallest absolute Gasteiger partial charge is 0.297 e. The Hall–Kier alpha value is -2.08. The zero-order chi connectivity index (χ0) is 14.7. The van der Waals surface area contributed by atoms with E-state index in [2.05, 4.69) is 10.3 Å². The molecular formula is C14H20N4O2. The summed E-state index contributed by atoms with van der Waals surface area (Å²) in [6.45, 7) is 2.00. The van der Waals surface area contributed by atoms with Gasteiger partial charge in [-0.05, 0) is 24.6 Å². The number of nitrogens with one attached hydrogen (secondary N) is 1. The molecule has 0 aliphatic rings. The summed E-state index contributed by atoms with van der Waals surface area (Å²) in [6.07, 6.45) is 1.55. The predicted octanol–water partition coefficient (Wildman–Crippen LogP) is 1.96. The predicted molar refractivity (Wildman–Crippen MR) is 79.8 cm³/mol. The van der Waals surface area contributed by atoms with Crippen LogP contribution in [0.5, 0.6) is 0 Å². The lowest BCUT2D eigenvalue weighted by molar-refractivity contribution is -0.117. The van der Waals surface area contributed by atoms with E-state index in [0.29, 0.717) is 29.2 Å². The van der Waals surface area contributed by atoms with Crippen LogP contribution in [0, 0.1) is 0 Å². The van der Waals surface area contributed by atoms with Crippen molar-refractivity contribution in [1.29, 1.82) is 0 Å². The van der Waals surface area contributed by atoms with Crippen molar-refractivity contribution in [2.45, 2.75) is 25.8 Å². The summed E-state index contributed by atoms with van der Waals surface area (Å²) in [6, 6.07) is 5.40. The molecule has 20 heavy (non-hydrogen) atoms. The van der Waals surface area contributed by atoms with Gasteiger partial charge in [-0.1, -0.05) is 13.3 Å². The van der Waals surface area contributed by atoms with E-state index in [4.69, 9.17) is 10.2 Å². The standard InChI is InChI=1S/C14H20N4O2/c1-4-5-10(15)13(19)16-9-6-7-12-11(8-9)17-14(20-12)18(2)3/h6-8,10H,4-5,15H2,1-3H3,(H,16,19). The molecule has 2 aromatic rings. The van der Waals surface area contributed by atoms with E-state index < -0.39 is 6.04 Å². The average molecular weight is 276 g/mol. The van der Waals surface area contributed by atoms with Crippen LogP contribution in [0.25, 0.3) is 11.1 Å². The number of benzene rings is 1. The van der Waals surface area contributed by atoms with Crippen LogP contribution >= 0.6 is 0 Å². The fourth-order valence-corrected chi connectivity index (χ4v) is 1.86. The van der Waals surface area contributed by atoms with Crippen molar-refractivity contribution < 1.29 is 9.21 Å². The van der Waals surface area contributed by atoms with Crippen molar-refractivity contribution in [2.75, 3.05) is 24.3 Å². The fraction of sp³-hybridized carbons (Fsp3) is 0.429. The van der Waals surface area contributed by atoms with Gasteiger partial charge in [-0.15, -0.1) is 0 Å². The third-order valence-corrected chi connectivity index (χ3v) is 2.96. The zero-order valence-corrected chi connectivity index (χ0v) is 12.0. The van der Waals surface area contributed by atoms with Gasteiger partial charge in [0.2, 0.25) is 5.91 Å². The van der Waals surface area contributed by atoms with Crippen LogP contribution in [-0.4, -0.2) is 31.0 Å². The number of hydrogen-bond acceptors (Lipinski definition) is 5. The summed E-state index contributed by atoms with van der Waals surface area (Å²) in [7, 11) is 3.72. The maximum absolute atomic E-state index is 11.9. The molecule has 1 heterocycles. The van der Waals surface area contributed by atoms with Crippen molar-refractivity contribution in [2.24, 2.45) is 5.73 Å². The summed E-state index contributed by atoms with van der Waals surface area (Å²) in [5.41, 5.74) is 7.84. The first kappa shape index (κ1) is 14.3. The Morgan fingerprint density at radius 3 is 2.90 bits per heavy atom. The third-order valence-electron chi connectivity index (χ3n) is 2.96. The molecule has 6 nitrogen and oxygen atoms in total. The van der Waals surface area contributed by atoms with E-state index in [1.165, 1.54) is 0 Å². The molecule has 1 aromatic heterocycles. The molecule has 0 spiro atoms. The van der Waals surface area contributed by atoms with Gasteiger partial charge in [-0.3, -0.25) is 4.79 Å². The molecule has 0 saturated heterocycles. The first-order valence-electron chi connectivity index (χ1n) is 6.65. The monoisotopic (exact) mass is 276 g/mol. The van der Waals surface area contributed by atoms with Gasteiger partial charge in [-0.25, -0.2) is 0 Å². The molecule has 0 fully saturated rings. The average Bonchev–Trinajstić information content (AvgIpc) is 2.82. The lowest BCUT2D eigenvalue weighted by atomic mass is 10.1. The second-order valence-corrected chi connectivity index (χ2v) is 4.96. The van der Waals surface area contributed by atoms with E-state index in [-0.39, 0.29) is 5.91 Å². The van der Waals surface area contributed by atoms with Gasteiger partial charge in [0.25, 0.3) is 6.01 Å². The van der Waals surface area contributed by atoms with E-state index >= 15 is 0 Å². The summed E-state index contributed by atoms with van der Waals surface area (Å²) >= 11 is 0. The van der Waals surface area contributed by atoms with Gasteiger partial charge in [0.05, 0.1) is 6.04 Å². The number of nitrogens with zero attached hydrogens (tertiary/aromatic N) is 2. The minimum atomic E-state index is -0.481. The van der Waals surface area contributed by atoms with E-state index in [9.17, 15) is 4.79 Å². The summed E-state index contributed by atoms with van der Waals surface area (Å²) in [5, 5.41) is 2.80. The van der Waals surface area contributed by atoms with Crippen LogP contribution in [0.1, 0.15) is 19.8 Å². The number of hydrogen-bond donors (Lipinski definition) is 2. The van der Waals surface area contributed by atoms with Crippen LogP contribution in [0.2, 0.25) is 0 Å². The number of aromatic nitrogens is 1. The Morgan fingerprint density at radius 2 is 2.25 bits per heavy atom. The quantitative estimate of drug-likeness (QED) is 0.872. The van der Waals surface area contributed by atoms with Crippen molar-refractivity contribution >= 4 is 28.7 Å². The lowest BCUT2D eigenvalue weighted by Crippen LogP contribution is -2.35. The Bertz CT molecular complexity index is 606. The van der Waals surface area contributed by atoms with Crippen molar-refractivity contribution in [3.63, 3.8) is 0 Å². The molecule has 1 aromatic carbocycles. The molecule has 0 bridgehead atoms. The van der Waals surface area contributed by atoms with Crippen LogP contribution in [0.15, 0.2) is 22.6 Å². The number of fused-ring (bicyclic) bond motifs is 1. The maximum Gasteiger partial charge on any atom is 0.297 e. The Balaban J connectivity index is 2.17. The first-order chi connectivity index (χ1) is 9.51. The first-order valence-corrected chi connectivity index (χ1v) is 6.65. The minimum Gasteiger partial charge on any atom is -0.423 e. The van der Waals surface area contributed by atoms with Crippen molar-refractivity contribution in [1.82, 2.24) is 4.98 Å². The van der Waals surface area contributed by atoms with Crippen LogP contribution in [-0.2, 0) is 4.79 Å². The lowest BCUT2D eigenvalue weighted by Gasteiger charge is -2.10. The Kier molecular flexibility index (Phi) is 4.24. The van der Waals surface area contributed by atoms with Crippen LogP contribution in [0.3, 0.4) is 0 Å². The van der Waals surface area contributed by atoms with E-state index in [1.807, 2.05) is 21.0 Å². The second-order valence-electron chi connectivity index (χ2n) is 4.96. The van der Waals surface area contributed by atoms with Gasteiger partial charge in [0, 0.05) is 19.8 Å². The molecule has 0 saturated carbocycles. The molecule has 2 rings (SSSR count). The van der Waals surface area contributed by atoms with Crippen molar-refractivity contribution in [3.05, 3.63) is 18.2 Å². The van der Waals surface area contributed by atoms with Gasteiger partial charge in [0.1, 0.15) is 5.52 Å². The topological polar surface area (TPSA) is 84.4 Å². The number of nitrogens with two attached hydrogens (primary N) is 1. The number of carbonyl (C=O) groups is 1. The number of amides is 1. The highest BCUT2D eigenvalue weighted by molar-refractivity contribution is 5.96. The van der Waals surface area contributed by atoms with Gasteiger partial charge < -0.3 is 20.4 Å². The SMILES string of the molecule is CCCC(N)C(=O)Nc1ccc2oc(N(C)C)nc2c1. The molecule has 0 radical (unpaired) electrons. The summed E-state index contributed by atoms with van der Waals surface area (Å²) in [5.74, 6) is -0.178. The largest absolute Gasteiger partial charge is 0.423 e. The molecular weight excluding hydrogens is 256 g/mol. The van der Waals surface area contributed by atoms with Crippen LogP contribution in [0.4, 0.5) is 11.7 Å². The Labute approximate surface area is 117 Å². The van der Waals surface area contributed by atoms with E-state index in [0.717, 1.165) is 6.42 Å². The normalized spacial score (nSPS) is 12.4. The Morgan fingerprint density at radius 1 is 1.50 bits per heavy atom. The van der Waals surface area contributed by atoms with E-state index in [1.54, 1.807) is 23.1 Å². The number of rotatable bonds is 5. The van der Waals surface area contributed by atoms with Gasteiger partial charge in [0.15, 0.2) is 5.58 Å². The highest BCUT2D eigenvalue weighted by atomic mass is 16.4. The molecule has 108 valence electrons. The zero-order valence-electron chi connectivity index (χ0n) is 12.0. The number of oxazole rings is 1. The molecule has 3 N–H and O–H groups in total. The summed E-state index contributed by atoms with van der Waals surface area (Å²) in [4.78, 5) is 18.0. The third kappa shape index (κ3) is 3.08.